The minimum atomic E-state index is -0.231. The third kappa shape index (κ3) is 7.02. The number of imidazole rings is 1. The molecule has 37 heavy (non-hydrogen) atoms. The van der Waals surface area contributed by atoms with Crippen LogP contribution in [0.3, 0.4) is 0 Å². The molecule has 10 nitrogen and oxygen atoms in total. The van der Waals surface area contributed by atoms with Gasteiger partial charge >= 0.3 is 6.09 Å². The van der Waals surface area contributed by atoms with Crippen LogP contribution in [0.15, 0.2) is 30.3 Å². The molecule has 4 rings (SSSR count). The number of methoxy groups -OCH3 is 1. The standard InChI is InChI=1S/C27H37N6O4/c1-3-4-17-36-25-30-23(28)22-24(31-25)33(26(29-22)35-2)16-9-8-11-20-14-10-15-32(18-20)27(34)37-19-21-12-6-5-7-13-21/h5-7,12-13,20H,3-4,8-11,14-19H2,1-2H3,(H-,28,30,31)/q-1. The van der Waals surface area contributed by atoms with E-state index < -0.39 is 0 Å². The molecule has 1 aliphatic rings. The number of piperidine rings is 1. The Labute approximate surface area is 218 Å². The maximum Gasteiger partial charge on any atom is 0.410 e. The Morgan fingerprint density at radius 2 is 1.97 bits per heavy atom. The zero-order chi connectivity index (χ0) is 26.0. The van der Waals surface area contributed by atoms with Crippen LogP contribution in [0.1, 0.15) is 57.4 Å². The van der Waals surface area contributed by atoms with E-state index in [4.69, 9.17) is 19.9 Å². The molecule has 0 bridgehead atoms. The number of hydrogen-bond donors (Lipinski definition) is 0. The topological polar surface area (TPSA) is 115 Å². The molecule has 0 aliphatic carbocycles. The molecule has 0 radical (unpaired) electrons. The van der Waals surface area contributed by atoms with Crippen molar-refractivity contribution in [3.8, 4) is 12.0 Å². The number of aromatic nitrogens is 4. The summed E-state index contributed by atoms with van der Waals surface area (Å²) in [6, 6.07) is 10.4. The Morgan fingerprint density at radius 3 is 2.76 bits per heavy atom. The maximum atomic E-state index is 12.6. The van der Waals surface area contributed by atoms with E-state index in [1.807, 2.05) is 39.8 Å². The molecule has 1 amide bonds. The number of rotatable bonds is 12. The van der Waals surface area contributed by atoms with E-state index in [-0.39, 0.29) is 17.9 Å². The lowest BCUT2D eigenvalue weighted by molar-refractivity contribution is 0.0776. The third-order valence-corrected chi connectivity index (χ3v) is 6.68. The molecular formula is C27H37N6O4-. The summed E-state index contributed by atoms with van der Waals surface area (Å²) < 4.78 is 18.5. The van der Waals surface area contributed by atoms with Gasteiger partial charge in [-0.15, -0.1) is 0 Å². The molecule has 2 aromatic heterocycles. The van der Waals surface area contributed by atoms with E-state index in [9.17, 15) is 4.79 Å². The van der Waals surface area contributed by atoms with E-state index in [1.165, 1.54) is 0 Å². The lowest BCUT2D eigenvalue weighted by Crippen LogP contribution is -2.40. The number of nitrogens with zero attached hydrogens (tertiary/aromatic N) is 5. The third-order valence-electron chi connectivity index (χ3n) is 6.68. The summed E-state index contributed by atoms with van der Waals surface area (Å²) in [5.74, 6) is 0.496. The first kappa shape index (κ1) is 26.5. The summed E-state index contributed by atoms with van der Waals surface area (Å²) >= 11 is 0. The number of nitrogens with one attached hydrogen (secondary N) is 1. The van der Waals surface area contributed by atoms with Crippen LogP contribution >= 0.6 is 0 Å². The van der Waals surface area contributed by atoms with Crippen molar-refractivity contribution in [1.82, 2.24) is 24.4 Å². The molecule has 0 spiro atoms. The van der Waals surface area contributed by atoms with Crippen molar-refractivity contribution >= 4 is 23.1 Å². The van der Waals surface area contributed by atoms with E-state index in [2.05, 4.69) is 21.9 Å². The van der Waals surface area contributed by atoms with Gasteiger partial charge < -0.3 is 29.8 Å². The van der Waals surface area contributed by atoms with Crippen molar-refractivity contribution in [3.05, 3.63) is 41.6 Å². The fourth-order valence-corrected chi connectivity index (χ4v) is 4.67. The summed E-state index contributed by atoms with van der Waals surface area (Å²) in [5.41, 5.74) is 10.2. The molecule has 1 unspecified atom stereocenters. The van der Waals surface area contributed by atoms with Crippen molar-refractivity contribution in [3.63, 3.8) is 0 Å². The van der Waals surface area contributed by atoms with Crippen molar-refractivity contribution in [2.45, 2.75) is 65.0 Å². The van der Waals surface area contributed by atoms with Gasteiger partial charge in [-0.3, -0.25) is 4.57 Å². The Kier molecular flexibility index (Phi) is 9.40. The second-order valence-electron chi connectivity index (χ2n) is 9.47. The maximum absolute atomic E-state index is 12.6. The molecule has 1 N–H and O–H groups in total. The van der Waals surface area contributed by atoms with Gasteiger partial charge in [0.15, 0.2) is 5.65 Å². The highest BCUT2D eigenvalue weighted by atomic mass is 16.6. The number of benzene rings is 1. The first-order valence-corrected chi connectivity index (χ1v) is 13.2. The summed E-state index contributed by atoms with van der Waals surface area (Å²) in [7, 11) is 1.57. The number of carbonyl (C=O) groups is 1. The van der Waals surface area contributed by atoms with Gasteiger partial charge in [-0.05, 0) is 49.4 Å². The minimum absolute atomic E-state index is 0.0370. The lowest BCUT2D eigenvalue weighted by atomic mass is 9.93. The van der Waals surface area contributed by atoms with Crippen molar-refractivity contribution in [1.29, 1.82) is 0 Å². The predicted octanol–water partition coefficient (Wildman–Crippen LogP) is 5.92. The van der Waals surface area contributed by atoms with Gasteiger partial charge in [0.2, 0.25) is 6.01 Å². The highest BCUT2D eigenvalue weighted by Gasteiger charge is 2.24. The Balaban J connectivity index is 1.29. The molecule has 200 valence electrons. The summed E-state index contributed by atoms with van der Waals surface area (Å²) in [4.78, 5) is 27.5. The van der Waals surface area contributed by atoms with E-state index in [1.54, 1.807) is 7.11 Å². The monoisotopic (exact) mass is 509 g/mol. The lowest BCUT2D eigenvalue weighted by Gasteiger charge is -2.32. The smallest absolute Gasteiger partial charge is 0.410 e. The highest BCUT2D eigenvalue weighted by molar-refractivity contribution is 5.84. The molecule has 3 heterocycles. The predicted molar refractivity (Wildman–Crippen MR) is 141 cm³/mol. The second-order valence-corrected chi connectivity index (χ2v) is 9.47. The first-order valence-electron chi connectivity index (χ1n) is 13.2. The molecule has 1 fully saturated rings. The summed E-state index contributed by atoms with van der Waals surface area (Å²) in [6.45, 7) is 5.06. The number of unbranched alkanes of at least 4 members (excludes halogenated alkanes) is 2. The molecule has 3 aromatic rings. The van der Waals surface area contributed by atoms with Gasteiger partial charge in [-0.2, -0.15) is 9.97 Å². The van der Waals surface area contributed by atoms with E-state index in [0.29, 0.717) is 42.9 Å². The highest BCUT2D eigenvalue weighted by Crippen LogP contribution is 2.29. The van der Waals surface area contributed by atoms with Crippen LogP contribution in [0.25, 0.3) is 16.9 Å². The van der Waals surface area contributed by atoms with Gasteiger partial charge in [0.1, 0.15) is 12.1 Å². The van der Waals surface area contributed by atoms with Crippen LogP contribution in [0, 0.1) is 5.92 Å². The zero-order valence-corrected chi connectivity index (χ0v) is 21.8. The van der Waals surface area contributed by atoms with Gasteiger partial charge in [0.05, 0.1) is 13.7 Å². The largest absolute Gasteiger partial charge is 0.480 e. The normalized spacial score (nSPS) is 15.6. The van der Waals surface area contributed by atoms with Crippen LogP contribution in [-0.4, -0.2) is 57.3 Å². The molecule has 1 aromatic carbocycles. The SMILES string of the molecule is CCCCOc1nc([NH-])c2nc(OC)n(CCCCC3CCCN(C(=O)OCc4ccccc4)C3)c2n1. The average Bonchev–Trinajstić information content (AvgIpc) is 3.28. The van der Waals surface area contributed by atoms with Gasteiger partial charge in [-0.25, -0.2) is 4.79 Å². The summed E-state index contributed by atoms with van der Waals surface area (Å²) in [5, 5.41) is 0. The fraction of sp³-hybridized carbons (Fsp3) is 0.556. The van der Waals surface area contributed by atoms with E-state index >= 15 is 0 Å². The minimum Gasteiger partial charge on any atom is -0.480 e. The number of aryl methyl sites for hydroxylation is 1. The molecule has 1 atom stereocenters. The second kappa shape index (κ2) is 13.1. The van der Waals surface area contributed by atoms with Crippen molar-refractivity contribution < 1.29 is 19.0 Å². The number of likely N-dealkylation sites (tertiary alicyclic amines) is 1. The van der Waals surface area contributed by atoms with Crippen LogP contribution in [-0.2, 0) is 17.9 Å². The number of hydrogen-bond acceptors (Lipinski definition) is 7. The van der Waals surface area contributed by atoms with Crippen LogP contribution in [0.2, 0.25) is 0 Å². The first-order chi connectivity index (χ1) is 18.1. The van der Waals surface area contributed by atoms with Crippen LogP contribution in [0.5, 0.6) is 12.0 Å². The molecular weight excluding hydrogens is 472 g/mol. The van der Waals surface area contributed by atoms with Crippen molar-refractivity contribution in [2.75, 3.05) is 26.8 Å². The molecule has 0 saturated carbocycles. The Morgan fingerprint density at radius 1 is 1.14 bits per heavy atom. The zero-order valence-electron chi connectivity index (χ0n) is 21.8. The average molecular weight is 510 g/mol. The van der Waals surface area contributed by atoms with Crippen LogP contribution < -0.4 is 9.47 Å². The number of carbonyl (C=O) groups excluding carboxylic acids is 1. The van der Waals surface area contributed by atoms with E-state index in [0.717, 1.165) is 63.6 Å². The number of fused-ring (bicyclic) bond motifs is 1. The number of ether oxygens (including phenoxy) is 3. The fourth-order valence-electron chi connectivity index (χ4n) is 4.67. The van der Waals surface area contributed by atoms with Gasteiger partial charge in [-0.1, -0.05) is 50.1 Å². The van der Waals surface area contributed by atoms with Crippen molar-refractivity contribution in [2.24, 2.45) is 5.92 Å². The Bertz CT molecular complexity index is 1150. The van der Waals surface area contributed by atoms with Gasteiger partial charge in [0.25, 0.3) is 6.01 Å². The molecule has 10 heteroatoms. The summed E-state index contributed by atoms with van der Waals surface area (Å²) in [6.07, 6.45) is 6.73. The molecule has 1 aliphatic heterocycles. The van der Waals surface area contributed by atoms with Crippen LogP contribution in [0.4, 0.5) is 10.6 Å². The molecule has 1 saturated heterocycles. The van der Waals surface area contributed by atoms with Gasteiger partial charge in [0, 0.05) is 19.6 Å². The Hall–Kier alpha value is -3.56. The number of amides is 1. The quantitative estimate of drug-likeness (QED) is 0.278.